The lowest BCUT2D eigenvalue weighted by molar-refractivity contribution is -0.389. The summed E-state index contributed by atoms with van der Waals surface area (Å²) in [5, 5.41) is 14.4. The lowest BCUT2D eigenvalue weighted by atomic mass is 10.1. The van der Waals surface area contributed by atoms with E-state index in [-0.39, 0.29) is 10.8 Å². The second kappa shape index (κ2) is 5.37. The third-order valence-electron chi connectivity index (χ3n) is 2.15. The first-order valence-corrected chi connectivity index (χ1v) is 5.57. The van der Waals surface area contributed by atoms with E-state index in [9.17, 15) is 10.1 Å². The third kappa shape index (κ3) is 3.10. The molecule has 0 aliphatic heterocycles. The Bertz CT molecular complexity index is 352. The van der Waals surface area contributed by atoms with E-state index in [0.29, 0.717) is 12.5 Å². The van der Waals surface area contributed by atoms with Crippen molar-refractivity contribution in [2.24, 2.45) is 5.92 Å². The van der Waals surface area contributed by atoms with Crippen LogP contribution in [0.1, 0.15) is 13.3 Å². The summed E-state index contributed by atoms with van der Waals surface area (Å²) in [6.07, 6.45) is 2.43. The summed E-state index contributed by atoms with van der Waals surface area (Å²) in [5.74, 6) is 0.788. The molecule has 0 saturated heterocycles. The minimum absolute atomic E-state index is 0.0778. The second-order valence-electron chi connectivity index (χ2n) is 3.24. The van der Waals surface area contributed by atoms with Gasteiger partial charge in [0, 0.05) is 0 Å². The van der Waals surface area contributed by atoms with Crippen molar-refractivity contribution in [1.82, 2.24) is 9.78 Å². The first kappa shape index (κ1) is 12.3. The zero-order chi connectivity index (χ0) is 11.4. The SMILES string of the molecule is CCC(CS)Cn1cc(Cl)c([N+](=O)[O-])n1. The Hall–Kier alpha value is -0.750. The van der Waals surface area contributed by atoms with Crippen LogP contribution in [0.15, 0.2) is 6.20 Å². The van der Waals surface area contributed by atoms with Crippen LogP contribution in [0, 0.1) is 16.0 Å². The van der Waals surface area contributed by atoms with Gasteiger partial charge in [0.05, 0.1) is 17.8 Å². The minimum atomic E-state index is -0.583. The summed E-state index contributed by atoms with van der Waals surface area (Å²) in [5.41, 5.74) is 0. The normalized spacial score (nSPS) is 12.7. The number of nitrogens with zero attached hydrogens (tertiary/aromatic N) is 3. The number of hydrogen-bond acceptors (Lipinski definition) is 4. The maximum atomic E-state index is 10.5. The number of halogens is 1. The van der Waals surface area contributed by atoms with Crippen molar-refractivity contribution >= 4 is 30.0 Å². The monoisotopic (exact) mass is 249 g/mol. The van der Waals surface area contributed by atoms with Crippen molar-refractivity contribution in [3.05, 3.63) is 21.3 Å². The minimum Gasteiger partial charge on any atom is -0.358 e. The van der Waals surface area contributed by atoms with Gasteiger partial charge in [-0.05, 0) is 16.6 Å². The lowest BCUT2D eigenvalue weighted by Crippen LogP contribution is -2.12. The highest BCUT2D eigenvalue weighted by molar-refractivity contribution is 7.80. The van der Waals surface area contributed by atoms with Crippen LogP contribution in [-0.4, -0.2) is 20.5 Å². The Kier molecular flexibility index (Phi) is 4.41. The van der Waals surface area contributed by atoms with Gasteiger partial charge in [-0.3, -0.25) is 0 Å². The predicted molar refractivity (Wildman–Crippen MR) is 61.5 cm³/mol. The van der Waals surface area contributed by atoms with Crippen molar-refractivity contribution in [3.63, 3.8) is 0 Å². The fourth-order valence-electron chi connectivity index (χ4n) is 1.18. The maximum absolute atomic E-state index is 10.5. The van der Waals surface area contributed by atoms with Crippen LogP contribution in [0.2, 0.25) is 5.02 Å². The van der Waals surface area contributed by atoms with Gasteiger partial charge in [0.2, 0.25) is 0 Å². The van der Waals surface area contributed by atoms with Crippen molar-refractivity contribution in [3.8, 4) is 0 Å². The number of nitro groups is 1. The summed E-state index contributed by atoms with van der Waals surface area (Å²) < 4.78 is 1.50. The van der Waals surface area contributed by atoms with Gasteiger partial charge in [-0.1, -0.05) is 24.9 Å². The van der Waals surface area contributed by atoms with E-state index in [0.717, 1.165) is 12.2 Å². The predicted octanol–water partition coefficient (Wildman–Crippen LogP) is 2.40. The van der Waals surface area contributed by atoms with Gasteiger partial charge in [-0.25, -0.2) is 0 Å². The molecule has 7 heteroatoms. The van der Waals surface area contributed by atoms with Gasteiger partial charge in [0.15, 0.2) is 5.02 Å². The molecule has 0 bridgehead atoms. The van der Waals surface area contributed by atoms with Gasteiger partial charge in [0.25, 0.3) is 0 Å². The quantitative estimate of drug-likeness (QED) is 0.495. The zero-order valence-electron chi connectivity index (χ0n) is 8.26. The van der Waals surface area contributed by atoms with E-state index in [1.54, 1.807) is 0 Å². The Morgan fingerprint density at radius 2 is 2.47 bits per heavy atom. The summed E-state index contributed by atoms with van der Waals surface area (Å²) in [6, 6.07) is 0. The van der Waals surface area contributed by atoms with Crippen LogP contribution < -0.4 is 0 Å². The average molecular weight is 250 g/mol. The summed E-state index contributed by atoms with van der Waals surface area (Å²) in [6.45, 7) is 2.65. The van der Waals surface area contributed by atoms with Crippen LogP contribution >= 0.6 is 24.2 Å². The lowest BCUT2D eigenvalue weighted by Gasteiger charge is -2.08. The zero-order valence-corrected chi connectivity index (χ0v) is 9.91. The average Bonchev–Trinajstić information content (AvgIpc) is 2.56. The molecule has 0 aliphatic rings. The molecule has 0 saturated carbocycles. The van der Waals surface area contributed by atoms with Crippen LogP contribution in [0.3, 0.4) is 0 Å². The molecule has 0 aliphatic carbocycles. The first-order chi connectivity index (χ1) is 7.08. The Morgan fingerprint density at radius 3 is 2.87 bits per heavy atom. The fraction of sp³-hybridized carbons (Fsp3) is 0.625. The van der Waals surface area contributed by atoms with Crippen molar-refractivity contribution in [1.29, 1.82) is 0 Å². The maximum Gasteiger partial charge on any atom is 0.408 e. The van der Waals surface area contributed by atoms with E-state index in [2.05, 4.69) is 17.7 Å². The van der Waals surface area contributed by atoms with Gasteiger partial charge < -0.3 is 10.1 Å². The van der Waals surface area contributed by atoms with Crippen molar-refractivity contribution in [2.75, 3.05) is 5.75 Å². The number of rotatable bonds is 5. The molecular weight excluding hydrogens is 238 g/mol. The highest BCUT2D eigenvalue weighted by atomic mass is 35.5. The third-order valence-corrected chi connectivity index (χ3v) is 2.94. The molecule has 0 aromatic carbocycles. The topological polar surface area (TPSA) is 61.0 Å². The number of thiol groups is 1. The molecule has 1 heterocycles. The molecule has 0 spiro atoms. The Labute approximate surface area is 98.0 Å². The Morgan fingerprint density at radius 1 is 1.80 bits per heavy atom. The molecule has 1 aromatic heterocycles. The molecule has 0 amide bonds. The van der Waals surface area contributed by atoms with E-state index in [4.69, 9.17) is 11.6 Å². The molecule has 15 heavy (non-hydrogen) atoms. The highest BCUT2D eigenvalue weighted by Crippen LogP contribution is 2.22. The van der Waals surface area contributed by atoms with Gasteiger partial charge in [0.1, 0.15) is 0 Å². The highest BCUT2D eigenvalue weighted by Gasteiger charge is 2.20. The van der Waals surface area contributed by atoms with Crippen LogP contribution in [-0.2, 0) is 6.54 Å². The fourth-order valence-corrected chi connectivity index (χ4v) is 1.78. The molecule has 84 valence electrons. The van der Waals surface area contributed by atoms with Crippen LogP contribution in [0.5, 0.6) is 0 Å². The van der Waals surface area contributed by atoms with Crippen molar-refractivity contribution in [2.45, 2.75) is 19.9 Å². The Balaban J connectivity index is 2.79. The van der Waals surface area contributed by atoms with Crippen LogP contribution in [0.25, 0.3) is 0 Å². The molecule has 0 radical (unpaired) electrons. The van der Waals surface area contributed by atoms with Gasteiger partial charge >= 0.3 is 5.82 Å². The van der Waals surface area contributed by atoms with Gasteiger partial charge in [-0.15, -0.1) is 0 Å². The van der Waals surface area contributed by atoms with Crippen LogP contribution in [0.4, 0.5) is 5.82 Å². The molecular formula is C8H12ClN3O2S. The van der Waals surface area contributed by atoms with E-state index >= 15 is 0 Å². The smallest absolute Gasteiger partial charge is 0.358 e. The molecule has 0 fully saturated rings. The molecule has 1 aromatic rings. The standard InChI is InChI=1S/C8H12ClN3O2S/c1-2-6(5-15)3-11-4-7(9)8(10-11)12(13)14/h4,6,15H,2-3,5H2,1H3. The number of hydrogen-bond donors (Lipinski definition) is 1. The molecule has 5 nitrogen and oxygen atoms in total. The molecule has 1 rings (SSSR count). The summed E-state index contributed by atoms with van der Waals surface area (Å²) >= 11 is 9.86. The van der Waals surface area contributed by atoms with E-state index in [1.165, 1.54) is 10.9 Å². The van der Waals surface area contributed by atoms with E-state index in [1.807, 2.05) is 6.92 Å². The van der Waals surface area contributed by atoms with Gasteiger partial charge in [-0.2, -0.15) is 17.3 Å². The second-order valence-corrected chi connectivity index (χ2v) is 4.01. The largest absolute Gasteiger partial charge is 0.408 e. The number of aromatic nitrogens is 2. The molecule has 1 atom stereocenters. The van der Waals surface area contributed by atoms with Crippen molar-refractivity contribution < 1.29 is 4.92 Å². The first-order valence-electron chi connectivity index (χ1n) is 4.56. The van der Waals surface area contributed by atoms with E-state index < -0.39 is 4.92 Å². The molecule has 1 unspecified atom stereocenters. The molecule has 0 N–H and O–H groups in total. The summed E-state index contributed by atoms with van der Waals surface area (Å²) in [7, 11) is 0. The summed E-state index contributed by atoms with van der Waals surface area (Å²) in [4.78, 5) is 9.91.